The van der Waals surface area contributed by atoms with Gasteiger partial charge in [-0.1, -0.05) is 18.5 Å². The van der Waals surface area contributed by atoms with E-state index >= 15 is 0 Å². The van der Waals surface area contributed by atoms with Gasteiger partial charge >= 0.3 is 0 Å². The molecule has 0 bridgehead atoms. The van der Waals surface area contributed by atoms with Gasteiger partial charge in [-0.2, -0.15) is 5.10 Å². The van der Waals surface area contributed by atoms with Crippen LogP contribution in [0.5, 0.6) is 5.75 Å². The molecule has 2 rings (SSSR count). The fourth-order valence-electron chi connectivity index (χ4n) is 1.91. The van der Waals surface area contributed by atoms with E-state index in [2.05, 4.69) is 17.3 Å². The lowest BCUT2D eigenvalue weighted by atomic mass is 10.2. The molecule has 0 aliphatic carbocycles. The molecule has 4 nitrogen and oxygen atoms in total. The minimum atomic E-state index is 0.647. The second-order valence-corrected chi connectivity index (χ2v) is 4.64. The third-order valence-corrected chi connectivity index (χ3v) is 3.49. The van der Waals surface area contributed by atoms with Crippen LogP contribution in [0.3, 0.4) is 0 Å². The highest BCUT2D eigenvalue weighted by Gasteiger charge is 2.12. The second kappa shape index (κ2) is 5.97. The number of aryl methyl sites for hydroxylation is 2. The standard InChI is InChI=1S/C14H18ClN3O/c1-4-12-14(15)13(18(2)17-12)9-16-10-5-7-11(19-3)8-6-10/h5-8,16H,4,9H2,1-3H3. The minimum absolute atomic E-state index is 0.647. The van der Waals surface area contributed by atoms with Crippen molar-refractivity contribution in [2.45, 2.75) is 19.9 Å². The van der Waals surface area contributed by atoms with Gasteiger partial charge in [0.2, 0.25) is 0 Å². The first-order valence-electron chi connectivity index (χ1n) is 6.23. The van der Waals surface area contributed by atoms with Crippen molar-refractivity contribution in [2.75, 3.05) is 12.4 Å². The number of ether oxygens (including phenoxy) is 1. The van der Waals surface area contributed by atoms with Crippen LogP contribution >= 0.6 is 11.6 Å². The summed E-state index contributed by atoms with van der Waals surface area (Å²) in [5.74, 6) is 0.845. The fraction of sp³-hybridized carbons (Fsp3) is 0.357. The number of rotatable bonds is 5. The topological polar surface area (TPSA) is 39.1 Å². The molecule has 1 aromatic heterocycles. The van der Waals surface area contributed by atoms with E-state index in [0.717, 1.165) is 34.3 Å². The molecule has 0 atom stereocenters. The summed E-state index contributed by atoms with van der Waals surface area (Å²) in [6.07, 6.45) is 0.842. The molecule has 0 aliphatic heterocycles. The summed E-state index contributed by atoms with van der Waals surface area (Å²) < 4.78 is 6.96. The number of methoxy groups -OCH3 is 1. The van der Waals surface area contributed by atoms with E-state index < -0.39 is 0 Å². The van der Waals surface area contributed by atoms with Crippen LogP contribution < -0.4 is 10.1 Å². The third kappa shape index (κ3) is 3.01. The van der Waals surface area contributed by atoms with Crippen molar-refractivity contribution in [3.05, 3.63) is 40.7 Å². The molecule has 0 amide bonds. The Morgan fingerprint density at radius 1 is 1.32 bits per heavy atom. The van der Waals surface area contributed by atoms with E-state index in [1.807, 2.05) is 36.0 Å². The lowest BCUT2D eigenvalue weighted by Gasteiger charge is -2.08. The molecule has 0 radical (unpaired) electrons. The van der Waals surface area contributed by atoms with Crippen molar-refractivity contribution in [1.82, 2.24) is 9.78 Å². The van der Waals surface area contributed by atoms with E-state index in [4.69, 9.17) is 16.3 Å². The lowest BCUT2D eigenvalue weighted by molar-refractivity contribution is 0.415. The van der Waals surface area contributed by atoms with E-state index in [9.17, 15) is 0 Å². The number of nitrogens with zero attached hydrogens (tertiary/aromatic N) is 2. The molecular weight excluding hydrogens is 262 g/mol. The van der Waals surface area contributed by atoms with E-state index in [-0.39, 0.29) is 0 Å². The summed E-state index contributed by atoms with van der Waals surface area (Å²) in [6.45, 7) is 2.70. The molecule has 0 unspecified atom stereocenters. The first-order valence-corrected chi connectivity index (χ1v) is 6.61. The molecule has 0 aliphatic rings. The van der Waals surface area contributed by atoms with Crippen molar-refractivity contribution in [2.24, 2.45) is 7.05 Å². The average molecular weight is 280 g/mol. The van der Waals surface area contributed by atoms with Crippen LogP contribution in [0.1, 0.15) is 18.3 Å². The highest BCUT2D eigenvalue weighted by atomic mass is 35.5. The largest absolute Gasteiger partial charge is 0.497 e. The molecule has 1 N–H and O–H groups in total. The molecule has 0 spiro atoms. The van der Waals surface area contributed by atoms with Crippen molar-refractivity contribution < 1.29 is 4.74 Å². The third-order valence-electron chi connectivity index (χ3n) is 3.05. The Bertz CT molecular complexity index is 549. The predicted molar refractivity (Wildman–Crippen MR) is 77.9 cm³/mol. The highest BCUT2D eigenvalue weighted by Crippen LogP contribution is 2.22. The summed E-state index contributed by atoms with van der Waals surface area (Å²) >= 11 is 6.30. The zero-order chi connectivity index (χ0) is 13.8. The van der Waals surface area contributed by atoms with Gasteiger partial charge in [-0.3, -0.25) is 4.68 Å². The molecule has 0 saturated carbocycles. The zero-order valence-corrected chi connectivity index (χ0v) is 12.2. The Morgan fingerprint density at radius 2 is 2.00 bits per heavy atom. The molecule has 19 heavy (non-hydrogen) atoms. The van der Waals surface area contributed by atoms with Gasteiger partial charge in [0.05, 0.1) is 30.1 Å². The molecule has 102 valence electrons. The highest BCUT2D eigenvalue weighted by molar-refractivity contribution is 6.31. The zero-order valence-electron chi connectivity index (χ0n) is 11.4. The van der Waals surface area contributed by atoms with Crippen molar-refractivity contribution >= 4 is 17.3 Å². The number of hydrogen-bond donors (Lipinski definition) is 1. The number of anilines is 1. The van der Waals surface area contributed by atoms with Gasteiger partial charge in [-0.25, -0.2) is 0 Å². The molecule has 5 heteroatoms. The number of aromatic nitrogens is 2. The first kappa shape index (κ1) is 13.7. The Morgan fingerprint density at radius 3 is 2.53 bits per heavy atom. The maximum absolute atomic E-state index is 6.30. The van der Waals surface area contributed by atoms with Gasteiger partial charge in [-0.05, 0) is 30.7 Å². The summed E-state index contributed by atoms with van der Waals surface area (Å²) in [4.78, 5) is 0. The van der Waals surface area contributed by atoms with Crippen molar-refractivity contribution in [3.63, 3.8) is 0 Å². The second-order valence-electron chi connectivity index (χ2n) is 4.27. The summed E-state index contributed by atoms with van der Waals surface area (Å²) in [7, 11) is 3.57. The van der Waals surface area contributed by atoms with Crippen molar-refractivity contribution in [1.29, 1.82) is 0 Å². The fourth-order valence-corrected chi connectivity index (χ4v) is 2.27. The maximum Gasteiger partial charge on any atom is 0.119 e. The van der Waals surface area contributed by atoms with Gasteiger partial charge in [0.15, 0.2) is 0 Å². The quantitative estimate of drug-likeness (QED) is 0.913. The number of benzene rings is 1. The average Bonchev–Trinajstić information content (AvgIpc) is 2.72. The van der Waals surface area contributed by atoms with Gasteiger partial charge in [0.25, 0.3) is 0 Å². The van der Waals surface area contributed by atoms with Gasteiger partial charge in [0, 0.05) is 12.7 Å². The Hall–Kier alpha value is -1.68. The first-order chi connectivity index (χ1) is 9.15. The van der Waals surface area contributed by atoms with Crippen LogP contribution in [-0.2, 0) is 20.0 Å². The number of hydrogen-bond acceptors (Lipinski definition) is 3. The number of halogens is 1. The summed E-state index contributed by atoms with van der Waals surface area (Å²) in [6, 6.07) is 7.79. The Balaban J connectivity index is 2.07. The summed E-state index contributed by atoms with van der Waals surface area (Å²) in [5, 5.41) is 8.48. The molecule has 1 aromatic carbocycles. The monoisotopic (exact) mass is 279 g/mol. The van der Waals surface area contributed by atoms with Crippen LogP contribution in [0.25, 0.3) is 0 Å². The normalized spacial score (nSPS) is 10.5. The molecule has 1 heterocycles. The van der Waals surface area contributed by atoms with E-state index in [1.54, 1.807) is 7.11 Å². The Labute approximate surface area is 118 Å². The lowest BCUT2D eigenvalue weighted by Crippen LogP contribution is -2.05. The van der Waals surface area contributed by atoms with Crippen LogP contribution in [-0.4, -0.2) is 16.9 Å². The Kier molecular flexibility index (Phi) is 4.32. The maximum atomic E-state index is 6.30. The van der Waals surface area contributed by atoms with Gasteiger partial charge in [-0.15, -0.1) is 0 Å². The minimum Gasteiger partial charge on any atom is -0.497 e. The van der Waals surface area contributed by atoms with E-state index in [1.165, 1.54) is 0 Å². The molecule has 2 aromatic rings. The van der Waals surface area contributed by atoms with Crippen molar-refractivity contribution in [3.8, 4) is 5.75 Å². The smallest absolute Gasteiger partial charge is 0.119 e. The molecule has 0 fully saturated rings. The predicted octanol–water partition coefficient (Wildman–Crippen LogP) is 3.26. The van der Waals surface area contributed by atoms with Crippen LogP contribution in [0.2, 0.25) is 5.02 Å². The summed E-state index contributed by atoms with van der Waals surface area (Å²) in [5.41, 5.74) is 2.96. The van der Waals surface area contributed by atoms with Crippen LogP contribution in [0.4, 0.5) is 5.69 Å². The van der Waals surface area contributed by atoms with Crippen LogP contribution in [0, 0.1) is 0 Å². The van der Waals surface area contributed by atoms with E-state index in [0.29, 0.717) is 6.54 Å². The number of nitrogens with one attached hydrogen (secondary N) is 1. The SMILES string of the molecule is CCc1nn(C)c(CNc2ccc(OC)cc2)c1Cl. The van der Waals surface area contributed by atoms with Gasteiger partial charge < -0.3 is 10.1 Å². The molecule has 0 saturated heterocycles. The molecular formula is C14H18ClN3O. The van der Waals surface area contributed by atoms with Crippen LogP contribution in [0.15, 0.2) is 24.3 Å². The van der Waals surface area contributed by atoms with Gasteiger partial charge in [0.1, 0.15) is 5.75 Å².